The van der Waals surface area contributed by atoms with Crippen molar-refractivity contribution < 1.29 is 9.90 Å². The first kappa shape index (κ1) is 20.8. The molecule has 31 heavy (non-hydrogen) atoms. The molecule has 0 saturated heterocycles. The summed E-state index contributed by atoms with van der Waals surface area (Å²) >= 11 is 0. The van der Waals surface area contributed by atoms with Gasteiger partial charge in [-0.3, -0.25) is 4.79 Å². The first-order valence-corrected chi connectivity index (χ1v) is 10.6. The fourth-order valence-corrected chi connectivity index (χ4v) is 3.85. The number of nitrogens with one attached hydrogen (secondary N) is 2. The second-order valence-electron chi connectivity index (χ2n) is 9.15. The Bertz CT molecular complexity index is 1070. The first-order valence-electron chi connectivity index (χ1n) is 10.6. The van der Waals surface area contributed by atoms with Crippen LogP contribution in [0.4, 0.5) is 17.3 Å². The van der Waals surface area contributed by atoms with Gasteiger partial charge < -0.3 is 15.7 Å². The van der Waals surface area contributed by atoms with Crippen LogP contribution in [0.2, 0.25) is 0 Å². The number of aliphatic carboxylic acids is 1. The van der Waals surface area contributed by atoms with E-state index in [-0.39, 0.29) is 5.54 Å². The third-order valence-corrected chi connectivity index (χ3v) is 5.59. The number of aromatic nitrogens is 2. The predicted octanol–water partition coefficient (Wildman–Crippen LogP) is 5.60. The molecule has 0 spiro atoms. The number of carboxylic acid groups (broad SMARTS) is 1. The molecule has 1 aliphatic carbocycles. The molecule has 1 heterocycles. The number of carbonyl (C=O) groups is 1. The lowest BCUT2D eigenvalue weighted by Crippen LogP contribution is -2.42. The first-order chi connectivity index (χ1) is 14.7. The molecule has 4 rings (SSSR count). The smallest absolute Gasteiger partial charge is 0.314 e. The van der Waals surface area contributed by atoms with Crippen molar-refractivity contribution in [3.8, 4) is 11.4 Å². The number of hydrogen-bond acceptors (Lipinski definition) is 5. The molecule has 160 valence electrons. The van der Waals surface area contributed by atoms with Crippen LogP contribution in [0.25, 0.3) is 11.4 Å². The Morgan fingerprint density at radius 1 is 0.968 bits per heavy atom. The molecule has 6 nitrogen and oxygen atoms in total. The number of benzene rings is 2. The van der Waals surface area contributed by atoms with E-state index >= 15 is 0 Å². The van der Waals surface area contributed by atoms with Gasteiger partial charge in [-0.1, -0.05) is 48.9 Å². The summed E-state index contributed by atoms with van der Waals surface area (Å²) in [6, 6.07) is 19.4. The van der Waals surface area contributed by atoms with E-state index in [9.17, 15) is 9.90 Å². The number of hydrogen-bond donors (Lipinski definition) is 3. The van der Waals surface area contributed by atoms with Crippen LogP contribution < -0.4 is 10.6 Å². The Morgan fingerprint density at radius 2 is 1.61 bits per heavy atom. The number of carboxylic acids is 1. The Balaban J connectivity index is 1.63. The molecule has 0 amide bonds. The summed E-state index contributed by atoms with van der Waals surface area (Å²) in [7, 11) is 0. The lowest BCUT2D eigenvalue weighted by molar-refractivity contribution is -0.147. The highest BCUT2D eigenvalue weighted by molar-refractivity contribution is 5.83. The van der Waals surface area contributed by atoms with Crippen molar-refractivity contribution in [2.45, 2.75) is 51.0 Å². The summed E-state index contributed by atoms with van der Waals surface area (Å²) in [6.07, 6.45) is 2.35. The zero-order valence-corrected chi connectivity index (χ0v) is 18.1. The second kappa shape index (κ2) is 8.02. The van der Waals surface area contributed by atoms with Crippen LogP contribution in [-0.4, -0.2) is 26.6 Å². The van der Waals surface area contributed by atoms with Crippen LogP contribution in [0, 0.1) is 0 Å². The van der Waals surface area contributed by atoms with Crippen LogP contribution in [0.5, 0.6) is 0 Å². The average Bonchev–Trinajstić information content (AvgIpc) is 2.67. The summed E-state index contributed by atoms with van der Waals surface area (Å²) in [4.78, 5) is 21.2. The van der Waals surface area contributed by atoms with Gasteiger partial charge in [0.15, 0.2) is 5.82 Å². The zero-order chi connectivity index (χ0) is 22.1. The van der Waals surface area contributed by atoms with Gasteiger partial charge in [0.1, 0.15) is 11.6 Å². The van der Waals surface area contributed by atoms with E-state index in [4.69, 9.17) is 4.98 Å². The van der Waals surface area contributed by atoms with E-state index in [1.807, 2.05) is 60.7 Å². The summed E-state index contributed by atoms with van der Waals surface area (Å²) in [5.74, 6) is 1.30. The van der Waals surface area contributed by atoms with Crippen LogP contribution in [-0.2, 0) is 10.2 Å². The number of anilines is 3. The normalized spacial score (nSPS) is 15.1. The van der Waals surface area contributed by atoms with Crippen molar-refractivity contribution >= 4 is 23.3 Å². The van der Waals surface area contributed by atoms with E-state index in [1.54, 1.807) is 0 Å². The van der Waals surface area contributed by atoms with Gasteiger partial charge in [-0.2, -0.15) is 0 Å². The van der Waals surface area contributed by atoms with Crippen molar-refractivity contribution in [1.82, 2.24) is 9.97 Å². The molecule has 1 saturated carbocycles. The maximum Gasteiger partial charge on any atom is 0.314 e. The highest BCUT2D eigenvalue weighted by atomic mass is 16.4. The van der Waals surface area contributed by atoms with E-state index in [0.717, 1.165) is 29.1 Å². The van der Waals surface area contributed by atoms with E-state index in [2.05, 4.69) is 36.4 Å². The third kappa shape index (κ3) is 4.53. The molecule has 0 atom stereocenters. The molecular formula is C25H28N4O2. The molecule has 6 heteroatoms. The van der Waals surface area contributed by atoms with Crippen molar-refractivity contribution in [3.63, 3.8) is 0 Å². The Morgan fingerprint density at radius 3 is 2.16 bits per heavy atom. The predicted molar refractivity (Wildman–Crippen MR) is 124 cm³/mol. The van der Waals surface area contributed by atoms with Crippen molar-refractivity contribution in [1.29, 1.82) is 0 Å². The summed E-state index contributed by atoms with van der Waals surface area (Å²) in [5.41, 5.74) is 1.78. The van der Waals surface area contributed by atoms with Gasteiger partial charge >= 0.3 is 5.97 Å². The highest BCUT2D eigenvalue weighted by Gasteiger charge is 2.45. The van der Waals surface area contributed by atoms with Crippen LogP contribution in [0.3, 0.4) is 0 Å². The molecular weight excluding hydrogens is 388 g/mol. The Labute approximate surface area is 182 Å². The molecule has 0 unspecified atom stereocenters. The van der Waals surface area contributed by atoms with E-state index in [1.165, 1.54) is 0 Å². The number of rotatable bonds is 6. The molecule has 1 aromatic heterocycles. The Kier molecular flexibility index (Phi) is 5.39. The zero-order valence-electron chi connectivity index (χ0n) is 18.1. The van der Waals surface area contributed by atoms with Crippen molar-refractivity contribution in [2.75, 3.05) is 10.6 Å². The summed E-state index contributed by atoms with van der Waals surface area (Å²) in [6.45, 7) is 6.26. The number of nitrogens with zero attached hydrogens (tertiary/aromatic N) is 2. The molecule has 3 N–H and O–H groups in total. The molecule has 1 aliphatic rings. The minimum absolute atomic E-state index is 0.144. The van der Waals surface area contributed by atoms with Gasteiger partial charge in [0, 0.05) is 22.9 Å². The van der Waals surface area contributed by atoms with E-state index in [0.29, 0.717) is 24.5 Å². The maximum atomic E-state index is 11.8. The lowest BCUT2D eigenvalue weighted by atomic mass is 9.64. The molecule has 0 radical (unpaired) electrons. The molecule has 0 aliphatic heterocycles. The molecule has 1 fully saturated rings. The Hall–Kier alpha value is -3.41. The summed E-state index contributed by atoms with van der Waals surface area (Å²) in [5, 5.41) is 16.4. The second-order valence-corrected chi connectivity index (χ2v) is 9.15. The minimum atomic E-state index is -0.736. The van der Waals surface area contributed by atoms with Gasteiger partial charge in [-0.25, -0.2) is 9.97 Å². The van der Waals surface area contributed by atoms with Crippen LogP contribution in [0.15, 0.2) is 60.7 Å². The quantitative estimate of drug-likeness (QED) is 0.485. The fourth-order valence-electron chi connectivity index (χ4n) is 3.85. The fraction of sp³-hybridized carbons (Fsp3) is 0.320. The van der Waals surface area contributed by atoms with Crippen molar-refractivity contribution in [3.05, 3.63) is 66.2 Å². The van der Waals surface area contributed by atoms with Crippen molar-refractivity contribution in [2.24, 2.45) is 0 Å². The van der Waals surface area contributed by atoms with Gasteiger partial charge in [0.05, 0.1) is 5.41 Å². The van der Waals surface area contributed by atoms with Gasteiger partial charge in [0.25, 0.3) is 0 Å². The standard InChI is InChI=1S/C25H28N4O2/c1-24(2,3)29-21-16-20(27-22(28-21)17-8-5-4-6-9-17)26-19-12-10-18(11-13-19)25(23(30)31)14-7-15-25/h4-6,8-13,16H,7,14-15H2,1-3H3,(H,30,31)(H2,26,27,28,29). The van der Waals surface area contributed by atoms with Crippen LogP contribution in [0.1, 0.15) is 45.6 Å². The topological polar surface area (TPSA) is 87.1 Å². The highest BCUT2D eigenvalue weighted by Crippen LogP contribution is 2.44. The SMILES string of the molecule is CC(C)(C)Nc1cc(Nc2ccc(C3(C(=O)O)CCC3)cc2)nc(-c2ccccc2)n1. The van der Waals surface area contributed by atoms with Crippen LogP contribution >= 0.6 is 0 Å². The molecule has 0 bridgehead atoms. The maximum absolute atomic E-state index is 11.8. The van der Waals surface area contributed by atoms with Gasteiger partial charge in [0.2, 0.25) is 0 Å². The average molecular weight is 417 g/mol. The summed E-state index contributed by atoms with van der Waals surface area (Å²) < 4.78 is 0. The lowest BCUT2D eigenvalue weighted by Gasteiger charge is -2.38. The largest absolute Gasteiger partial charge is 0.481 e. The third-order valence-electron chi connectivity index (χ3n) is 5.59. The van der Waals surface area contributed by atoms with E-state index < -0.39 is 11.4 Å². The van der Waals surface area contributed by atoms with Gasteiger partial charge in [-0.15, -0.1) is 0 Å². The molecule has 3 aromatic rings. The monoisotopic (exact) mass is 416 g/mol. The van der Waals surface area contributed by atoms with Gasteiger partial charge in [-0.05, 0) is 51.3 Å². The molecule has 2 aromatic carbocycles. The minimum Gasteiger partial charge on any atom is -0.481 e.